The average Bonchev–Trinajstić information content (AvgIpc) is 3.16. The van der Waals surface area contributed by atoms with E-state index in [-0.39, 0.29) is 35.1 Å². The monoisotopic (exact) mass is 595 g/mol. The fourth-order valence-corrected chi connectivity index (χ4v) is 7.12. The molecule has 1 atom stereocenters. The van der Waals surface area contributed by atoms with E-state index in [2.05, 4.69) is 0 Å². The summed E-state index contributed by atoms with van der Waals surface area (Å²) in [6.45, 7) is 5.01. The lowest BCUT2D eigenvalue weighted by molar-refractivity contribution is 0.0629. The highest BCUT2D eigenvalue weighted by atomic mass is 32.2. The maximum Gasteiger partial charge on any atom is 0.412 e. The first-order valence-electron chi connectivity index (χ1n) is 13.2. The standard InChI is InChI=1S/C30H30FN3O7S/c1-30(2,3)34(29(37)38)20-10-9-19-13-18(16-32-27(35)22-7-5-6-8-23(22)28(32)36)17-33(25(19)14-20)42(39,40)21-11-12-24(31)26(15-21)41-4/h5-12,14-15,18H,13,16-17H2,1-4H3,(H,37,38). The smallest absolute Gasteiger partial charge is 0.412 e. The zero-order chi connectivity index (χ0) is 30.6. The van der Waals surface area contributed by atoms with Crippen LogP contribution in [-0.4, -0.2) is 62.1 Å². The molecule has 10 nitrogen and oxygen atoms in total. The van der Waals surface area contributed by atoms with Crippen molar-refractivity contribution < 1.29 is 37.0 Å². The summed E-state index contributed by atoms with van der Waals surface area (Å²) in [5, 5.41) is 9.95. The molecule has 220 valence electrons. The van der Waals surface area contributed by atoms with E-state index in [9.17, 15) is 32.3 Å². The number of hydrogen-bond donors (Lipinski definition) is 1. The van der Waals surface area contributed by atoms with Crippen LogP contribution in [0.5, 0.6) is 5.75 Å². The number of anilines is 2. The molecule has 0 radical (unpaired) electrons. The number of nitrogens with zero attached hydrogens (tertiary/aromatic N) is 3. The minimum atomic E-state index is -4.34. The Morgan fingerprint density at radius 3 is 2.26 bits per heavy atom. The zero-order valence-corrected chi connectivity index (χ0v) is 24.3. The molecule has 1 unspecified atom stereocenters. The molecule has 3 amide bonds. The third-order valence-corrected chi connectivity index (χ3v) is 9.20. The molecule has 0 fully saturated rings. The summed E-state index contributed by atoms with van der Waals surface area (Å²) in [6, 6.07) is 14.5. The number of fused-ring (bicyclic) bond motifs is 2. The van der Waals surface area contributed by atoms with Gasteiger partial charge in [-0.25, -0.2) is 17.6 Å². The molecular formula is C30H30FN3O7S. The van der Waals surface area contributed by atoms with E-state index >= 15 is 0 Å². The predicted molar refractivity (Wildman–Crippen MR) is 153 cm³/mol. The Kier molecular flexibility index (Phi) is 7.22. The third-order valence-electron chi connectivity index (χ3n) is 7.42. The Labute approximate surface area is 243 Å². The molecule has 2 aliphatic heterocycles. The molecule has 0 aliphatic carbocycles. The maximum absolute atomic E-state index is 14.2. The van der Waals surface area contributed by atoms with E-state index in [0.29, 0.717) is 23.1 Å². The Bertz CT molecular complexity index is 1680. The van der Waals surface area contributed by atoms with E-state index in [4.69, 9.17) is 4.74 Å². The molecule has 3 aromatic rings. The number of carbonyl (C=O) groups excluding carboxylic acids is 2. The number of halogens is 1. The Morgan fingerprint density at radius 2 is 1.69 bits per heavy atom. The summed E-state index contributed by atoms with van der Waals surface area (Å²) in [5.41, 5.74) is 0.860. The fraction of sp³-hybridized carbons (Fsp3) is 0.300. The van der Waals surface area contributed by atoms with Crippen LogP contribution in [-0.2, 0) is 16.4 Å². The molecule has 0 bridgehead atoms. The molecule has 2 aliphatic rings. The summed E-state index contributed by atoms with van der Waals surface area (Å²) in [7, 11) is -3.11. The number of imide groups is 1. The largest absolute Gasteiger partial charge is 0.494 e. The van der Waals surface area contributed by atoms with Gasteiger partial charge in [-0.05, 0) is 75.1 Å². The first kappa shape index (κ1) is 29.1. The first-order chi connectivity index (χ1) is 19.7. The quantitative estimate of drug-likeness (QED) is 0.407. The van der Waals surface area contributed by atoms with Crippen LogP contribution in [0.4, 0.5) is 20.6 Å². The van der Waals surface area contributed by atoms with Crippen molar-refractivity contribution in [3.63, 3.8) is 0 Å². The molecule has 0 saturated carbocycles. The van der Waals surface area contributed by atoms with Crippen molar-refractivity contribution in [1.82, 2.24) is 4.90 Å². The van der Waals surface area contributed by atoms with Crippen molar-refractivity contribution in [1.29, 1.82) is 0 Å². The van der Waals surface area contributed by atoms with Crippen molar-refractivity contribution >= 4 is 39.3 Å². The SMILES string of the molecule is COc1cc(S(=O)(=O)N2CC(CN3C(=O)c4ccccc4C3=O)Cc3ccc(N(C(=O)O)C(C)(C)C)cc32)ccc1F. The lowest BCUT2D eigenvalue weighted by Crippen LogP contribution is -2.46. The summed E-state index contributed by atoms with van der Waals surface area (Å²) in [4.78, 5) is 40.4. The molecule has 0 saturated heterocycles. The number of carbonyl (C=O) groups is 3. The Hall–Kier alpha value is -4.45. The van der Waals surface area contributed by atoms with Gasteiger partial charge in [0.1, 0.15) is 0 Å². The van der Waals surface area contributed by atoms with E-state index in [1.165, 1.54) is 13.2 Å². The van der Waals surface area contributed by atoms with Crippen LogP contribution >= 0.6 is 0 Å². The van der Waals surface area contributed by atoms with Crippen LogP contribution in [0.3, 0.4) is 0 Å². The number of sulfonamides is 1. The van der Waals surface area contributed by atoms with Crippen LogP contribution in [0, 0.1) is 11.7 Å². The number of benzene rings is 3. The molecule has 0 spiro atoms. The highest BCUT2D eigenvalue weighted by Gasteiger charge is 2.40. The van der Waals surface area contributed by atoms with Gasteiger partial charge in [-0.15, -0.1) is 0 Å². The maximum atomic E-state index is 14.2. The predicted octanol–water partition coefficient (Wildman–Crippen LogP) is 4.78. The van der Waals surface area contributed by atoms with Gasteiger partial charge in [0.15, 0.2) is 11.6 Å². The van der Waals surface area contributed by atoms with Crippen molar-refractivity contribution in [3.8, 4) is 5.75 Å². The number of ether oxygens (including phenoxy) is 1. The summed E-state index contributed by atoms with van der Waals surface area (Å²) in [5.74, 6) is -2.37. The van der Waals surface area contributed by atoms with E-state index in [0.717, 1.165) is 32.3 Å². The average molecular weight is 596 g/mol. The molecule has 3 aromatic carbocycles. The first-order valence-corrected chi connectivity index (χ1v) is 14.7. The molecule has 42 heavy (non-hydrogen) atoms. The molecular weight excluding hydrogens is 565 g/mol. The van der Waals surface area contributed by atoms with Crippen LogP contribution in [0.15, 0.2) is 65.6 Å². The molecule has 12 heteroatoms. The van der Waals surface area contributed by atoms with Gasteiger partial charge in [-0.1, -0.05) is 18.2 Å². The minimum Gasteiger partial charge on any atom is -0.494 e. The van der Waals surface area contributed by atoms with Crippen molar-refractivity contribution in [2.75, 3.05) is 29.4 Å². The highest BCUT2D eigenvalue weighted by molar-refractivity contribution is 7.92. The normalized spacial score (nSPS) is 16.7. The topological polar surface area (TPSA) is 125 Å². The van der Waals surface area contributed by atoms with Crippen molar-refractivity contribution in [2.24, 2.45) is 5.92 Å². The van der Waals surface area contributed by atoms with Crippen molar-refractivity contribution in [3.05, 3.63) is 83.2 Å². The lowest BCUT2D eigenvalue weighted by atomic mass is 9.92. The van der Waals surface area contributed by atoms with Gasteiger partial charge < -0.3 is 9.84 Å². The molecule has 5 rings (SSSR count). The van der Waals surface area contributed by atoms with Gasteiger partial charge in [-0.2, -0.15) is 0 Å². The summed E-state index contributed by atoms with van der Waals surface area (Å²) < 4.78 is 48.5. The molecule has 1 N–H and O–H groups in total. The van der Waals surface area contributed by atoms with Gasteiger partial charge in [0.2, 0.25) is 0 Å². The molecule has 0 aromatic heterocycles. The van der Waals surface area contributed by atoms with Gasteiger partial charge in [0, 0.05) is 30.4 Å². The lowest BCUT2D eigenvalue weighted by Gasteiger charge is -2.38. The Morgan fingerprint density at radius 1 is 1.05 bits per heavy atom. The fourth-order valence-electron chi connectivity index (χ4n) is 5.53. The van der Waals surface area contributed by atoms with Crippen LogP contribution < -0.4 is 13.9 Å². The second-order valence-corrected chi connectivity index (χ2v) is 13.1. The summed E-state index contributed by atoms with van der Waals surface area (Å²) >= 11 is 0. The second kappa shape index (κ2) is 10.4. The van der Waals surface area contributed by atoms with Crippen LogP contribution in [0.1, 0.15) is 47.1 Å². The van der Waals surface area contributed by atoms with E-state index < -0.39 is 45.2 Å². The highest BCUT2D eigenvalue weighted by Crippen LogP contribution is 2.39. The third kappa shape index (κ3) is 4.95. The van der Waals surface area contributed by atoms with Gasteiger partial charge in [0.05, 0.1) is 28.8 Å². The second-order valence-electron chi connectivity index (χ2n) is 11.3. The van der Waals surface area contributed by atoms with Gasteiger partial charge >= 0.3 is 6.09 Å². The van der Waals surface area contributed by atoms with Gasteiger partial charge in [-0.3, -0.25) is 23.7 Å². The molecule has 2 heterocycles. The van der Waals surface area contributed by atoms with E-state index in [1.807, 2.05) is 0 Å². The number of rotatable bonds is 6. The minimum absolute atomic E-state index is 0.0322. The number of carboxylic acid groups (broad SMARTS) is 1. The number of amides is 3. The van der Waals surface area contributed by atoms with Crippen molar-refractivity contribution in [2.45, 2.75) is 37.6 Å². The zero-order valence-electron chi connectivity index (χ0n) is 23.5. The van der Waals surface area contributed by atoms with Gasteiger partial charge in [0.25, 0.3) is 21.8 Å². The number of hydrogen-bond acceptors (Lipinski definition) is 6. The number of methoxy groups -OCH3 is 1. The van der Waals surface area contributed by atoms with E-state index in [1.54, 1.807) is 57.2 Å². The van der Waals surface area contributed by atoms with Crippen LogP contribution in [0.25, 0.3) is 0 Å². The summed E-state index contributed by atoms with van der Waals surface area (Å²) in [6.07, 6.45) is -0.885. The Balaban J connectivity index is 1.58. The van der Waals surface area contributed by atoms with Crippen LogP contribution in [0.2, 0.25) is 0 Å².